The predicted molar refractivity (Wildman–Crippen MR) is 96.8 cm³/mol. The Morgan fingerprint density at radius 3 is 2.88 bits per heavy atom. The van der Waals surface area contributed by atoms with E-state index in [0.717, 1.165) is 13.1 Å². The van der Waals surface area contributed by atoms with E-state index in [4.69, 9.17) is 4.74 Å². The third kappa shape index (κ3) is 5.37. The van der Waals surface area contributed by atoms with Gasteiger partial charge in [0.15, 0.2) is 0 Å². The highest BCUT2D eigenvalue weighted by Gasteiger charge is 2.30. The highest BCUT2D eigenvalue weighted by Crippen LogP contribution is 2.23. The van der Waals surface area contributed by atoms with Crippen LogP contribution in [0.1, 0.15) is 44.1 Å². The van der Waals surface area contributed by atoms with E-state index in [0.29, 0.717) is 25.6 Å². The summed E-state index contributed by atoms with van der Waals surface area (Å²) in [5, 5.41) is 7.10. The fourth-order valence-corrected chi connectivity index (χ4v) is 3.15. The summed E-state index contributed by atoms with van der Waals surface area (Å²) in [5.41, 5.74) is -0.107. The zero-order valence-electron chi connectivity index (χ0n) is 15.7. The highest BCUT2D eigenvalue weighted by molar-refractivity contribution is 5.92. The molecule has 1 fully saturated rings. The molecule has 1 saturated heterocycles. The van der Waals surface area contributed by atoms with E-state index in [1.165, 1.54) is 29.7 Å². The number of hydrogen-bond donors (Lipinski definition) is 1. The number of rotatable bonds is 7. The minimum absolute atomic E-state index is 0.116. The maximum atomic E-state index is 12.4. The van der Waals surface area contributed by atoms with Gasteiger partial charge in [-0.25, -0.2) is 4.68 Å². The number of hydrogen-bond acceptors (Lipinski definition) is 5. The first-order valence-corrected chi connectivity index (χ1v) is 8.94. The van der Waals surface area contributed by atoms with Gasteiger partial charge in [-0.2, -0.15) is 5.10 Å². The van der Waals surface area contributed by atoms with Crippen LogP contribution in [0.15, 0.2) is 16.9 Å². The van der Waals surface area contributed by atoms with Crippen LogP contribution in [-0.2, 0) is 11.3 Å². The van der Waals surface area contributed by atoms with Crippen molar-refractivity contribution in [2.24, 2.45) is 5.92 Å². The Bertz CT molecular complexity index is 641. The molecule has 0 aliphatic carbocycles. The molecule has 1 amide bonds. The van der Waals surface area contributed by atoms with E-state index in [-0.39, 0.29) is 22.7 Å². The van der Waals surface area contributed by atoms with Crippen molar-refractivity contribution in [3.63, 3.8) is 0 Å². The van der Waals surface area contributed by atoms with Crippen LogP contribution in [0, 0.1) is 5.92 Å². The van der Waals surface area contributed by atoms with Crippen molar-refractivity contribution in [3.8, 4) is 0 Å². The van der Waals surface area contributed by atoms with Crippen LogP contribution in [0.2, 0.25) is 0 Å². The molecular formula is C18H30N4O3. The van der Waals surface area contributed by atoms with Crippen LogP contribution < -0.4 is 10.9 Å². The molecule has 140 valence electrons. The largest absolute Gasteiger partial charge is 0.383 e. The Hall–Kier alpha value is -1.73. The van der Waals surface area contributed by atoms with Crippen molar-refractivity contribution in [3.05, 3.63) is 28.2 Å². The van der Waals surface area contributed by atoms with Gasteiger partial charge in [-0.1, -0.05) is 6.92 Å². The maximum Gasteiger partial charge on any atom is 0.271 e. The van der Waals surface area contributed by atoms with E-state index in [1.54, 1.807) is 7.11 Å². The van der Waals surface area contributed by atoms with Crippen LogP contribution in [0.5, 0.6) is 0 Å². The Morgan fingerprint density at radius 2 is 2.20 bits per heavy atom. The molecule has 1 aliphatic rings. The number of piperidine rings is 1. The van der Waals surface area contributed by atoms with Crippen LogP contribution in [-0.4, -0.2) is 59.5 Å². The summed E-state index contributed by atoms with van der Waals surface area (Å²) in [6.45, 7) is 9.93. The molecule has 1 N–H and O–H groups in total. The summed E-state index contributed by atoms with van der Waals surface area (Å²) >= 11 is 0. The molecule has 0 aromatic carbocycles. The third-order valence-corrected chi connectivity index (χ3v) is 4.80. The molecule has 1 aromatic heterocycles. The van der Waals surface area contributed by atoms with E-state index >= 15 is 0 Å². The Balaban J connectivity index is 1.98. The lowest BCUT2D eigenvalue weighted by Gasteiger charge is -2.43. The summed E-state index contributed by atoms with van der Waals surface area (Å²) < 4.78 is 6.22. The van der Waals surface area contributed by atoms with Crippen molar-refractivity contribution in [1.82, 2.24) is 20.0 Å². The van der Waals surface area contributed by atoms with Gasteiger partial charge in [0.2, 0.25) is 0 Å². The minimum Gasteiger partial charge on any atom is -0.383 e. The average molecular weight is 350 g/mol. The van der Waals surface area contributed by atoms with Crippen molar-refractivity contribution < 1.29 is 9.53 Å². The second kappa shape index (κ2) is 8.58. The number of aromatic nitrogens is 2. The lowest BCUT2D eigenvalue weighted by Crippen LogP contribution is -2.54. The van der Waals surface area contributed by atoms with Crippen LogP contribution >= 0.6 is 0 Å². The normalized spacial score (nSPS) is 19.0. The number of ether oxygens (including phenoxy) is 1. The molecule has 1 unspecified atom stereocenters. The Kier molecular flexibility index (Phi) is 6.72. The molecule has 2 rings (SSSR count). The second-order valence-corrected chi connectivity index (χ2v) is 7.46. The first-order chi connectivity index (χ1) is 11.8. The van der Waals surface area contributed by atoms with Gasteiger partial charge in [-0.15, -0.1) is 0 Å². The van der Waals surface area contributed by atoms with Gasteiger partial charge in [0.25, 0.3) is 11.5 Å². The third-order valence-electron chi connectivity index (χ3n) is 4.80. The average Bonchev–Trinajstić information content (AvgIpc) is 2.59. The lowest BCUT2D eigenvalue weighted by atomic mass is 9.93. The number of nitrogens with one attached hydrogen (secondary N) is 1. The molecule has 0 spiro atoms. The van der Waals surface area contributed by atoms with Crippen molar-refractivity contribution in [2.45, 2.75) is 45.7 Å². The minimum atomic E-state index is -0.260. The van der Waals surface area contributed by atoms with Gasteiger partial charge in [-0.3, -0.25) is 14.5 Å². The molecular weight excluding hydrogens is 320 g/mol. The summed E-state index contributed by atoms with van der Waals surface area (Å²) in [5.74, 6) is 0.430. The van der Waals surface area contributed by atoms with Gasteiger partial charge in [-0.05, 0) is 45.2 Å². The van der Waals surface area contributed by atoms with Crippen molar-refractivity contribution >= 4 is 5.91 Å². The van der Waals surface area contributed by atoms with Crippen LogP contribution in [0.25, 0.3) is 0 Å². The summed E-state index contributed by atoms with van der Waals surface area (Å²) in [4.78, 5) is 26.6. The number of methoxy groups -OCH3 is 1. The second-order valence-electron chi connectivity index (χ2n) is 7.46. The molecule has 1 atom stereocenters. The molecule has 0 saturated carbocycles. The van der Waals surface area contributed by atoms with Crippen LogP contribution in [0.4, 0.5) is 0 Å². The van der Waals surface area contributed by atoms with Gasteiger partial charge in [0.05, 0.1) is 13.2 Å². The van der Waals surface area contributed by atoms with Crippen molar-refractivity contribution in [1.29, 1.82) is 0 Å². The van der Waals surface area contributed by atoms with E-state index in [1.807, 2.05) is 0 Å². The fraction of sp³-hybridized carbons (Fsp3) is 0.722. The zero-order chi connectivity index (χ0) is 18.4. The van der Waals surface area contributed by atoms with E-state index in [9.17, 15) is 9.59 Å². The monoisotopic (exact) mass is 350 g/mol. The van der Waals surface area contributed by atoms with E-state index in [2.05, 4.69) is 36.1 Å². The molecule has 1 aromatic rings. The SMILES string of the molecule is COCCn1nc(C(=O)NCC(C)(C)N2CCCC(C)C2)ccc1=O. The Labute approximate surface area is 149 Å². The molecule has 25 heavy (non-hydrogen) atoms. The molecule has 7 heteroatoms. The maximum absolute atomic E-state index is 12.4. The van der Waals surface area contributed by atoms with Crippen molar-refractivity contribution in [2.75, 3.05) is 33.4 Å². The first-order valence-electron chi connectivity index (χ1n) is 8.94. The zero-order valence-corrected chi connectivity index (χ0v) is 15.7. The van der Waals surface area contributed by atoms with E-state index < -0.39 is 0 Å². The Morgan fingerprint density at radius 1 is 1.44 bits per heavy atom. The molecule has 0 radical (unpaired) electrons. The summed E-state index contributed by atoms with van der Waals surface area (Å²) in [6.07, 6.45) is 2.47. The van der Waals surface area contributed by atoms with Gasteiger partial charge < -0.3 is 10.1 Å². The number of amides is 1. The van der Waals surface area contributed by atoms with Gasteiger partial charge in [0, 0.05) is 31.8 Å². The smallest absolute Gasteiger partial charge is 0.271 e. The number of carbonyl (C=O) groups is 1. The van der Waals surface area contributed by atoms with Gasteiger partial charge in [0.1, 0.15) is 5.69 Å². The quantitative estimate of drug-likeness (QED) is 0.798. The summed E-state index contributed by atoms with van der Waals surface area (Å²) in [6, 6.07) is 2.84. The molecule has 7 nitrogen and oxygen atoms in total. The molecule has 1 aliphatic heterocycles. The standard InChI is InChI=1S/C18H30N4O3/c1-14-6-5-9-21(12-14)18(2,3)13-19-17(24)15-7-8-16(23)22(20-15)10-11-25-4/h7-8,14H,5-6,9-13H2,1-4H3,(H,19,24). The predicted octanol–water partition coefficient (Wildman–Crippen LogP) is 1.13. The number of likely N-dealkylation sites (tertiary alicyclic amines) is 1. The number of nitrogens with zero attached hydrogens (tertiary/aromatic N) is 3. The van der Waals surface area contributed by atoms with Crippen LogP contribution in [0.3, 0.4) is 0 Å². The number of carbonyl (C=O) groups excluding carboxylic acids is 1. The molecule has 0 bridgehead atoms. The topological polar surface area (TPSA) is 76.5 Å². The highest BCUT2D eigenvalue weighted by atomic mass is 16.5. The summed E-state index contributed by atoms with van der Waals surface area (Å²) in [7, 11) is 1.56. The fourth-order valence-electron chi connectivity index (χ4n) is 3.15. The molecule has 2 heterocycles. The van der Waals surface area contributed by atoms with Gasteiger partial charge >= 0.3 is 0 Å². The lowest BCUT2D eigenvalue weighted by molar-refractivity contribution is 0.0655. The first kappa shape index (κ1) is 19.6.